The highest BCUT2D eigenvalue weighted by Crippen LogP contribution is 2.23. The average Bonchev–Trinajstić information content (AvgIpc) is 2.51. The molecule has 0 aliphatic heterocycles. The number of aryl methyl sites for hydroxylation is 1. The normalized spacial score (nSPS) is 17.2. The molecule has 0 spiro atoms. The van der Waals surface area contributed by atoms with Gasteiger partial charge in [0.2, 0.25) is 0 Å². The summed E-state index contributed by atoms with van der Waals surface area (Å²) in [7, 11) is -0.796. The molecule has 0 saturated carbocycles. The molecule has 1 aromatic carbocycles. The lowest BCUT2D eigenvalue weighted by molar-refractivity contribution is 0.530. The van der Waals surface area contributed by atoms with Crippen molar-refractivity contribution in [2.45, 2.75) is 58.8 Å². The predicted octanol–water partition coefficient (Wildman–Crippen LogP) is 4.08. The number of hydrogen-bond acceptors (Lipinski definition) is 2. The van der Waals surface area contributed by atoms with Crippen LogP contribution in [0.4, 0.5) is 0 Å². The van der Waals surface area contributed by atoms with E-state index >= 15 is 0 Å². The van der Waals surface area contributed by atoms with E-state index in [-0.39, 0.29) is 11.3 Å². The van der Waals surface area contributed by atoms with Crippen molar-refractivity contribution in [1.82, 2.24) is 5.32 Å². The van der Waals surface area contributed by atoms with Crippen molar-refractivity contribution in [3.63, 3.8) is 0 Å². The maximum Gasteiger partial charge on any atom is 0.0514 e. The second-order valence-corrected chi connectivity index (χ2v) is 7.73. The van der Waals surface area contributed by atoms with Crippen LogP contribution in [-0.2, 0) is 17.2 Å². The summed E-state index contributed by atoms with van der Waals surface area (Å²) >= 11 is 0. The molecular weight excluding hydrogens is 278 g/mol. The SMILES string of the molecule is CCNC(c1ccc(CC)cc1)C(C)S(=O)CC(C)CC. The monoisotopic (exact) mass is 309 g/mol. The Labute approximate surface area is 133 Å². The Morgan fingerprint density at radius 1 is 1.10 bits per heavy atom. The summed E-state index contributed by atoms with van der Waals surface area (Å²) < 4.78 is 12.6. The van der Waals surface area contributed by atoms with E-state index in [1.54, 1.807) is 0 Å². The van der Waals surface area contributed by atoms with Crippen LogP contribution in [0.5, 0.6) is 0 Å². The quantitative estimate of drug-likeness (QED) is 0.744. The van der Waals surface area contributed by atoms with Gasteiger partial charge in [0.1, 0.15) is 0 Å². The maximum absolute atomic E-state index is 12.6. The molecule has 4 unspecified atom stereocenters. The van der Waals surface area contributed by atoms with Gasteiger partial charge in [-0.25, -0.2) is 0 Å². The summed E-state index contributed by atoms with van der Waals surface area (Å²) in [6, 6.07) is 8.91. The fraction of sp³-hybridized carbons (Fsp3) is 0.667. The van der Waals surface area contributed by atoms with Crippen molar-refractivity contribution in [2.24, 2.45) is 5.92 Å². The molecule has 0 bridgehead atoms. The Balaban J connectivity index is 2.85. The van der Waals surface area contributed by atoms with Gasteiger partial charge in [0, 0.05) is 22.6 Å². The van der Waals surface area contributed by atoms with E-state index in [4.69, 9.17) is 0 Å². The van der Waals surface area contributed by atoms with E-state index in [9.17, 15) is 4.21 Å². The van der Waals surface area contributed by atoms with E-state index in [0.29, 0.717) is 5.92 Å². The molecule has 120 valence electrons. The molecular formula is C18H31NOS. The minimum atomic E-state index is -0.796. The van der Waals surface area contributed by atoms with Gasteiger partial charge in [0.15, 0.2) is 0 Å². The average molecular weight is 310 g/mol. The molecule has 3 heteroatoms. The fourth-order valence-electron chi connectivity index (χ4n) is 2.44. The van der Waals surface area contributed by atoms with E-state index in [1.807, 2.05) is 0 Å². The lowest BCUT2D eigenvalue weighted by Crippen LogP contribution is -2.34. The highest BCUT2D eigenvalue weighted by Gasteiger charge is 2.24. The lowest BCUT2D eigenvalue weighted by atomic mass is 10.0. The molecule has 0 fully saturated rings. The summed E-state index contributed by atoms with van der Waals surface area (Å²) in [5.74, 6) is 1.32. The summed E-state index contributed by atoms with van der Waals surface area (Å²) in [5, 5.41) is 3.65. The molecule has 0 amide bonds. The van der Waals surface area contributed by atoms with Gasteiger partial charge in [-0.2, -0.15) is 0 Å². The van der Waals surface area contributed by atoms with Crippen LogP contribution in [0.15, 0.2) is 24.3 Å². The Hall–Kier alpha value is -0.670. The van der Waals surface area contributed by atoms with Crippen LogP contribution >= 0.6 is 0 Å². The molecule has 0 radical (unpaired) electrons. The zero-order chi connectivity index (χ0) is 15.8. The first-order chi connectivity index (χ1) is 10.0. The number of hydrogen-bond donors (Lipinski definition) is 1. The lowest BCUT2D eigenvalue weighted by Gasteiger charge is -2.26. The standard InChI is InChI=1S/C18H31NOS/c1-6-14(4)13-21(20)15(5)18(19-8-3)17-11-9-16(7-2)10-12-17/h9-12,14-15,18-19H,6-8,13H2,1-5H3. The smallest absolute Gasteiger partial charge is 0.0514 e. The van der Waals surface area contributed by atoms with Crippen molar-refractivity contribution < 1.29 is 4.21 Å². The molecule has 0 aliphatic rings. The zero-order valence-electron chi connectivity index (χ0n) is 14.2. The topological polar surface area (TPSA) is 29.1 Å². The van der Waals surface area contributed by atoms with Crippen molar-refractivity contribution in [3.8, 4) is 0 Å². The van der Waals surface area contributed by atoms with Crippen LogP contribution in [-0.4, -0.2) is 21.8 Å². The van der Waals surface area contributed by atoms with Gasteiger partial charge < -0.3 is 5.32 Å². The van der Waals surface area contributed by atoms with Crippen LogP contribution in [0.3, 0.4) is 0 Å². The highest BCUT2D eigenvalue weighted by molar-refractivity contribution is 7.85. The Bertz CT molecular complexity index is 429. The molecule has 0 saturated heterocycles. The minimum Gasteiger partial charge on any atom is -0.309 e. The number of rotatable bonds is 9. The minimum absolute atomic E-state index is 0.131. The molecule has 21 heavy (non-hydrogen) atoms. The van der Waals surface area contributed by atoms with Gasteiger partial charge >= 0.3 is 0 Å². The second-order valence-electron chi connectivity index (χ2n) is 5.90. The first kappa shape index (κ1) is 18.4. The Kier molecular flexibility index (Phi) is 8.20. The Morgan fingerprint density at radius 2 is 1.71 bits per heavy atom. The summed E-state index contributed by atoms with van der Waals surface area (Å²) in [6.45, 7) is 11.6. The molecule has 0 aromatic heterocycles. The molecule has 4 atom stereocenters. The first-order valence-electron chi connectivity index (χ1n) is 8.22. The van der Waals surface area contributed by atoms with Crippen molar-refractivity contribution in [1.29, 1.82) is 0 Å². The van der Waals surface area contributed by atoms with Crippen LogP contribution in [0.25, 0.3) is 0 Å². The highest BCUT2D eigenvalue weighted by atomic mass is 32.2. The molecule has 1 rings (SSSR count). The van der Waals surface area contributed by atoms with Crippen molar-refractivity contribution in [3.05, 3.63) is 35.4 Å². The van der Waals surface area contributed by atoms with Crippen LogP contribution in [0.1, 0.15) is 58.2 Å². The molecule has 0 aliphatic carbocycles. The van der Waals surface area contributed by atoms with Gasteiger partial charge in [-0.3, -0.25) is 4.21 Å². The van der Waals surface area contributed by atoms with Crippen LogP contribution < -0.4 is 5.32 Å². The molecule has 0 heterocycles. The van der Waals surface area contributed by atoms with Gasteiger partial charge in [0.05, 0.1) is 5.25 Å². The van der Waals surface area contributed by atoms with Crippen molar-refractivity contribution in [2.75, 3.05) is 12.3 Å². The van der Waals surface area contributed by atoms with Gasteiger partial charge in [-0.15, -0.1) is 0 Å². The largest absolute Gasteiger partial charge is 0.309 e. The predicted molar refractivity (Wildman–Crippen MR) is 94.2 cm³/mol. The molecule has 1 N–H and O–H groups in total. The van der Waals surface area contributed by atoms with Crippen molar-refractivity contribution >= 4 is 10.8 Å². The first-order valence-corrected chi connectivity index (χ1v) is 9.60. The number of benzene rings is 1. The fourth-order valence-corrected chi connectivity index (χ4v) is 4.09. The maximum atomic E-state index is 12.6. The van der Waals surface area contributed by atoms with Gasteiger partial charge in [-0.1, -0.05) is 58.4 Å². The van der Waals surface area contributed by atoms with E-state index in [0.717, 1.165) is 25.1 Å². The third-order valence-corrected chi connectivity index (χ3v) is 6.20. The van der Waals surface area contributed by atoms with E-state index < -0.39 is 10.8 Å². The number of nitrogens with one attached hydrogen (secondary N) is 1. The zero-order valence-corrected chi connectivity index (χ0v) is 15.0. The van der Waals surface area contributed by atoms with E-state index in [2.05, 4.69) is 64.2 Å². The Morgan fingerprint density at radius 3 is 2.19 bits per heavy atom. The second kappa shape index (κ2) is 9.37. The molecule has 2 nitrogen and oxygen atoms in total. The van der Waals surface area contributed by atoms with Crippen LogP contribution in [0, 0.1) is 5.92 Å². The van der Waals surface area contributed by atoms with Crippen LogP contribution in [0.2, 0.25) is 0 Å². The summed E-state index contributed by atoms with van der Waals surface area (Å²) in [5.41, 5.74) is 2.60. The summed E-state index contributed by atoms with van der Waals surface area (Å²) in [4.78, 5) is 0. The van der Waals surface area contributed by atoms with Gasteiger partial charge in [-0.05, 0) is 36.9 Å². The third kappa shape index (κ3) is 5.55. The van der Waals surface area contributed by atoms with E-state index in [1.165, 1.54) is 11.1 Å². The molecule has 1 aromatic rings. The summed E-state index contributed by atoms with van der Waals surface area (Å²) in [6.07, 6.45) is 2.15. The third-order valence-electron chi connectivity index (χ3n) is 4.20. The van der Waals surface area contributed by atoms with Gasteiger partial charge in [0.25, 0.3) is 0 Å².